The van der Waals surface area contributed by atoms with Crippen LogP contribution in [0.3, 0.4) is 0 Å². The largest absolute Gasteiger partial charge is 0.356 e. The Hall–Kier alpha value is -1.77. The molecular weight excluding hydrogens is 198 g/mol. The summed E-state index contributed by atoms with van der Waals surface area (Å²) in [5.74, 6) is 0.816. The summed E-state index contributed by atoms with van der Waals surface area (Å²) < 4.78 is 0. The predicted molar refractivity (Wildman–Crippen MR) is 69.7 cm³/mol. The molecule has 2 N–H and O–H groups in total. The quantitative estimate of drug-likeness (QED) is 0.446. The van der Waals surface area contributed by atoms with Crippen LogP contribution in [-0.4, -0.2) is 26.1 Å². The van der Waals surface area contributed by atoms with Crippen molar-refractivity contribution in [3.63, 3.8) is 0 Å². The third kappa shape index (κ3) is 4.64. The molecule has 0 spiro atoms. The fraction of sp³-hybridized carbons (Fsp3) is 0.308. The number of rotatable bonds is 5. The molecule has 0 bridgehead atoms. The summed E-state index contributed by atoms with van der Waals surface area (Å²) in [4.78, 5) is 4.10. The van der Waals surface area contributed by atoms with Crippen molar-refractivity contribution in [2.75, 3.05) is 20.1 Å². The van der Waals surface area contributed by atoms with E-state index in [0.717, 1.165) is 25.5 Å². The summed E-state index contributed by atoms with van der Waals surface area (Å²) in [6.07, 6.45) is 2.81. The third-order valence-electron chi connectivity index (χ3n) is 2.19. The number of hydrogen-bond donors (Lipinski definition) is 2. The molecule has 16 heavy (non-hydrogen) atoms. The van der Waals surface area contributed by atoms with Crippen LogP contribution >= 0.6 is 0 Å². The highest BCUT2D eigenvalue weighted by molar-refractivity contribution is 5.79. The minimum absolute atomic E-state index is 0.727. The lowest BCUT2D eigenvalue weighted by molar-refractivity contribution is 0.822. The lowest BCUT2D eigenvalue weighted by atomic mass is 10.1. The van der Waals surface area contributed by atoms with E-state index in [2.05, 4.69) is 46.5 Å². The van der Waals surface area contributed by atoms with Gasteiger partial charge in [0, 0.05) is 20.1 Å². The molecule has 0 aliphatic rings. The molecule has 0 aliphatic carbocycles. The van der Waals surface area contributed by atoms with Crippen molar-refractivity contribution < 1.29 is 0 Å². The molecule has 0 aromatic heterocycles. The van der Waals surface area contributed by atoms with Crippen molar-refractivity contribution in [2.45, 2.75) is 6.42 Å². The average molecular weight is 217 g/mol. The van der Waals surface area contributed by atoms with Gasteiger partial charge in [-0.2, -0.15) is 0 Å². The predicted octanol–water partition coefficient (Wildman–Crippen LogP) is 1.58. The fourth-order valence-corrected chi connectivity index (χ4v) is 1.36. The van der Waals surface area contributed by atoms with Gasteiger partial charge >= 0.3 is 0 Å². The molecule has 1 rings (SSSR count). The standard InChI is InChI=1S/C13H19N3/c1-3-10-15-13(14-2)16-11-9-12-7-5-4-6-8-12/h3-8H,1,9-11H2,2H3,(H2,14,15,16). The Kier molecular flexibility index (Phi) is 5.78. The normalized spacial score (nSPS) is 10.9. The molecule has 0 saturated heterocycles. The number of guanidine groups is 1. The minimum atomic E-state index is 0.727. The monoisotopic (exact) mass is 217 g/mol. The van der Waals surface area contributed by atoms with Crippen LogP contribution in [0.4, 0.5) is 0 Å². The van der Waals surface area contributed by atoms with Gasteiger partial charge in [0.1, 0.15) is 0 Å². The van der Waals surface area contributed by atoms with Crippen LogP contribution in [0.15, 0.2) is 48.0 Å². The van der Waals surface area contributed by atoms with E-state index in [1.165, 1.54) is 5.56 Å². The van der Waals surface area contributed by atoms with Gasteiger partial charge < -0.3 is 10.6 Å². The van der Waals surface area contributed by atoms with Gasteiger partial charge in [0.25, 0.3) is 0 Å². The average Bonchev–Trinajstić information content (AvgIpc) is 2.35. The first-order valence-corrected chi connectivity index (χ1v) is 5.46. The van der Waals surface area contributed by atoms with Crippen molar-refractivity contribution in [1.29, 1.82) is 0 Å². The lowest BCUT2D eigenvalue weighted by Gasteiger charge is -2.10. The lowest BCUT2D eigenvalue weighted by Crippen LogP contribution is -2.38. The van der Waals surface area contributed by atoms with Crippen LogP contribution in [0.25, 0.3) is 0 Å². The molecule has 0 unspecified atom stereocenters. The number of hydrogen-bond acceptors (Lipinski definition) is 1. The van der Waals surface area contributed by atoms with E-state index in [0.29, 0.717) is 0 Å². The first-order chi connectivity index (χ1) is 7.86. The van der Waals surface area contributed by atoms with Crippen LogP contribution in [0.5, 0.6) is 0 Å². The minimum Gasteiger partial charge on any atom is -0.356 e. The smallest absolute Gasteiger partial charge is 0.191 e. The fourth-order valence-electron chi connectivity index (χ4n) is 1.36. The topological polar surface area (TPSA) is 36.4 Å². The maximum atomic E-state index is 4.10. The van der Waals surface area contributed by atoms with E-state index in [-0.39, 0.29) is 0 Å². The van der Waals surface area contributed by atoms with Gasteiger partial charge in [-0.1, -0.05) is 36.4 Å². The summed E-state index contributed by atoms with van der Waals surface area (Å²) in [6.45, 7) is 5.25. The number of aliphatic imine (C=N–C) groups is 1. The second-order valence-electron chi connectivity index (χ2n) is 3.40. The molecule has 3 nitrogen and oxygen atoms in total. The molecule has 0 aliphatic heterocycles. The highest BCUT2D eigenvalue weighted by Gasteiger charge is 1.95. The van der Waals surface area contributed by atoms with E-state index in [4.69, 9.17) is 0 Å². The second-order valence-corrected chi connectivity index (χ2v) is 3.40. The van der Waals surface area contributed by atoms with Gasteiger partial charge in [-0.15, -0.1) is 6.58 Å². The third-order valence-corrected chi connectivity index (χ3v) is 2.19. The Morgan fingerprint density at radius 2 is 2.06 bits per heavy atom. The zero-order valence-corrected chi connectivity index (χ0v) is 9.74. The molecule has 0 fully saturated rings. The van der Waals surface area contributed by atoms with Gasteiger partial charge in [0.15, 0.2) is 5.96 Å². The van der Waals surface area contributed by atoms with Crippen molar-refractivity contribution >= 4 is 5.96 Å². The maximum absolute atomic E-state index is 4.10. The SMILES string of the molecule is C=CCNC(=NC)NCCc1ccccc1. The number of benzene rings is 1. The number of nitrogens with one attached hydrogen (secondary N) is 2. The summed E-state index contributed by atoms with van der Waals surface area (Å²) >= 11 is 0. The van der Waals surface area contributed by atoms with Crippen LogP contribution in [0, 0.1) is 0 Å². The van der Waals surface area contributed by atoms with Crippen molar-refractivity contribution in [2.24, 2.45) is 4.99 Å². The second kappa shape index (κ2) is 7.51. The molecule has 86 valence electrons. The summed E-state index contributed by atoms with van der Waals surface area (Å²) in [6, 6.07) is 10.4. The molecule has 0 atom stereocenters. The molecule has 0 heterocycles. The number of nitrogens with zero attached hydrogens (tertiary/aromatic N) is 1. The Morgan fingerprint density at radius 1 is 1.31 bits per heavy atom. The Bertz CT molecular complexity index is 330. The molecule has 0 amide bonds. The summed E-state index contributed by atoms with van der Waals surface area (Å²) in [5, 5.41) is 6.37. The Balaban J connectivity index is 2.26. The Labute approximate surface area is 97.3 Å². The van der Waals surface area contributed by atoms with Crippen LogP contribution in [-0.2, 0) is 6.42 Å². The van der Waals surface area contributed by atoms with Crippen molar-refractivity contribution in [3.8, 4) is 0 Å². The van der Waals surface area contributed by atoms with Crippen LogP contribution < -0.4 is 10.6 Å². The highest BCUT2D eigenvalue weighted by Crippen LogP contribution is 1.97. The summed E-state index contributed by atoms with van der Waals surface area (Å²) in [7, 11) is 1.76. The molecule has 1 aromatic rings. The Morgan fingerprint density at radius 3 is 2.69 bits per heavy atom. The molecule has 3 heteroatoms. The molecule has 1 aromatic carbocycles. The first-order valence-electron chi connectivity index (χ1n) is 5.46. The van der Waals surface area contributed by atoms with E-state index in [1.807, 2.05) is 12.1 Å². The highest BCUT2D eigenvalue weighted by atomic mass is 15.2. The van der Waals surface area contributed by atoms with E-state index < -0.39 is 0 Å². The zero-order valence-electron chi connectivity index (χ0n) is 9.74. The zero-order chi connectivity index (χ0) is 11.6. The van der Waals surface area contributed by atoms with Gasteiger partial charge in [0.2, 0.25) is 0 Å². The molecular formula is C13H19N3. The van der Waals surface area contributed by atoms with Crippen molar-refractivity contribution in [3.05, 3.63) is 48.6 Å². The maximum Gasteiger partial charge on any atom is 0.191 e. The van der Waals surface area contributed by atoms with Gasteiger partial charge in [-0.05, 0) is 12.0 Å². The van der Waals surface area contributed by atoms with Gasteiger partial charge in [-0.25, -0.2) is 0 Å². The molecule has 0 saturated carbocycles. The summed E-state index contributed by atoms with van der Waals surface area (Å²) in [5.41, 5.74) is 1.33. The van der Waals surface area contributed by atoms with E-state index >= 15 is 0 Å². The van der Waals surface area contributed by atoms with Crippen LogP contribution in [0.2, 0.25) is 0 Å². The van der Waals surface area contributed by atoms with E-state index in [9.17, 15) is 0 Å². The van der Waals surface area contributed by atoms with Crippen LogP contribution in [0.1, 0.15) is 5.56 Å². The van der Waals surface area contributed by atoms with Gasteiger partial charge in [-0.3, -0.25) is 4.99 Å². The van der Waals surface area contributed by atoms with E-state index in [1.54, 1.807) is 7.05 Å². The first kappa shape index (κ1) is 12.3. The van der Waals surface area contributed by atoms with Crippen molar-refractivity contribution in [1.82, 2.24) is 10.6 Å². The van der Waals surface area contributed by atoms with Gasteiger partial charge in [0.05, 0.1) is 0 Å². The molecule has 0 radical (unpaired) electrons.